The Hall–Kier alpha value is -2.51. The molecule has 0 aromatic carbocycles. The van der Waals surface area contributed by atoms with E-state index in [2.05, 4.69) is 52.7 Å². The first-order valence-electron chi connectivity index (χ1n) is 12.5. The molecule has 0 atom stereocenters. The van der Waals surface area contributed by atoms with Crippen LogP contribution in [0.15, 0.2) is 30.1 Å². The maximum Gasteiger partial charge on any atom is 0.224 e. The van der Waals surface area contributed by atoms with Crippen molar-refractivity contribution in [2.24, 2.45) is 0 Å². The number of rotatable bonds is 8. The minimum Gasteiger partial charge on any atom is -0.393 e. The first-order chi connectivity index (χ1) is 16.1. The second kappa shape index (κ2) is 11.6. The van der Waals surface area contributed by atoms with E-state index in [1.165, 1.54) is 5.57 Å². The van der Waals surface area contributed by atoms with E-state index in [9.17, 15) is 5.11 Å². The van der Waals surface area contributed by atoms with Crippen molar-refractivity contribution in [2.75, 3.05) is 37.3 Å². The molecule has 3 heterocycles. The van der Waals surface area contributed by atoms with Crippen LogP contribution in [0, 0.1) is 0 Å². The molecule has 2 aliphatic rings. The zero-order valence-corrected chi connectivity index (χ0v) is 20.1. The predicted molar refractivity (Wildman–Crippen MR) is 135 cm³/mol. The van der Waals surface area contributed by atoms with Crippen molar-refractivity contribution in [3.63, 3.8) is 0 Å². The third-order valence-corrected chi connectivity index (χ3v) is 6.70. The second-order valence-electron chi connectivity index (χ2n) is 9.47. The highest BCUT2D eigenvalue weighted by Gasteiger charge is 2.21. The summed E-state index contributed by atoms with van der Waals surface area (Å²) in [7, 11) is 2.18. The fourth-order valence-corrected chi connectivity index (χ4v) is 4.49. The molecule has 0 bridgehead atoms. The van der Waals surface area contributed by atoms with Gasteiger partial charge in [0.1, 0.15) is 5.82 Å². The third kappa shape index (κ3) is 6.74. The molecule has 7 nitrogen and oxygen atoms in total. The fourth-order valence-electron chi connectivity index (χ4n) is 4.49. The van der Waals surface area contributed by atoms with E-state index in [-0.39, 0.29) is 6.10 Å². The minimum absolute atomic E-state index is 0.174. The smallest absolute Gasteiger partial charge is 0.224 e. The Kier molecular flexibility index (Phi) is 8.29. The minimum atomic E-state index is -0.174. The summed E-state index contributed by atoms with van der Waals surface area (Å²) >= 11 is 0. The van der Waals surface area contributed by atoms with Gasteiger partial charge in [0.25, 0.3) is 0 Å². The molecule has 1 aliphatic heterocycles. The molecular weight excluding hydrogens is 412 g/mol. The zero-order valence-electron chi connectivity index (χ0n) is 20.1. The highest BCUT2D eigenvalue weighted by molar-refractivity contribution is 5.73. The lowest BCUT2D eigenvalue weighted by molar-refractivity contribution is 0.126. The molecule has 1 aliphatic carbocycles. The van der Waals surface area contributed by atoms with Crippen LogP contribution in [-0.2, 0) is 0 Å². The van der Waals surface area contributed by atoms with E-state index in [0.717, 1.165) is 93.6 Å². The van der Waals surface area contributed by atoms with Gasteiger partial charge in [-0.25, -0.2) is 4.98 Å². The normalized spacial score (nSPS) is 21.6. The summed E-state index contributed by atoms with van der Waals surface area (Å²) < 4.78 is 0. The summed E-state index contributed by atoms with van der Waals surface area (Å²) in [5.74, 6) is 1.47. The summed E-state index contributed by atoms with van der Waals surface area (Å²) in [6.07, 6.45) is 14.0. The Morgan fingerprint density at radius 2 is 1.88 bits per heavy atom. The molecule has 7 heteroatoms. The molecule has 1 saturated heterocycles. The van der Waals surface area contributed by atoms with Crippen molar-refractivity contribution < 1.29 is 5.11 Å². The molecule has 4 rings (SSSR count). The highest BCUT2D eigenvalue weighted by atomic mass is 16.3. The topological polar surface area (TPSA) is 86.2 Å². The number of nitrogens with one attached hydrogen (secondary N) is 2. The van der Waals surface area contributed by atoms with Crippen molar-refractivity contribution in [3.05, 3.63) is 35.7 Å². The van der Waals surface area contributed by atoms with Gasteiger partial charge in [-0.3, -0.25) is 4.98 Å². The van der Waals surface area contributed by atoms with Crippen molar-refractivity contribution in [1.82, 2.24) is 19.9 Å². The van der Waals surface area contributed by atoms with E-state index in [1.54, 1.807) is 0 Å². The van der Waals surface area contributed by atoms with Crippen molar-refractivity contribution in [2.45, 2.75) is 70.4 Å². The largest absolute Gasteiger partial charge is 0.393 e. The van der Waals surface area contributed by atoms with E-state index < -0.39 is 0 Å². The number of pyridine rings is 1. The van der Waals surface area contributed by atoms with E-state index >= 15 is 0 Å². The van der Waals surface area contributed by atoms with Crippen molar-refractivity contribution in [1.29, 1.82) is 0 Å². The van der Waals surface area contributed by atoms with Gasteiger partial charge in [-0.2, -0.15) is 4.98 Å². The van der Waals surface area contributed by atoms with Crippen LogP contribution in [0.25, 0.3) is 17.3 Å². The zero-order chi connectivity index (χ0) is 23.0. The molecule has 178 valence electrons. The molecule has 0 spiro atoms. The van der Waals surface area contributed by atoms with Crippen molar-refractivity contribution in [3.8, 4) is 11.3 Å². The molecule has 0 unspecified atom stereocenters. The lowest BCUT2D eigenvalue weighted by atomic mass is 9.93. The number of aliphatic hydroxyl groups is 1. The predicted octanol–water partition coefficient (Wildman–Crippen LogP) is 4.58. The average molecular weight is 451 g/mol. The lowest BCUT2D eigenvalue weighted by Crippen LogP contribution is -2.29. The van der Waals surface area contributed by atoms with Crippen LogP contribution in [0.1, 0.15) is 63.9 Å². The van der Waals surface area contributed by atoms with Crippen LogP contribution in [0.5, 0.6) is 0 Å². The molecule has 33 heavy (non-hydrogen) atoms. The van der Waals surface area contributed by atoms with Gasteiger partial charge in [0.05, 0.1) is 17.4 Å². The SMILES string of the molecule is CCCCNc1ncc(-c2ccc(C=C3CCN(C)CC3)cn2)c(NC2CCC(O)CC2)n1. The van der Waals surface area contributed by atoms with Gasteiger partial charge in [0.2, 0.25) is 5.95 Å². The number of piperidine rings is 1. The van der Waals surface area contributed by atoms with Gasteiger partial charge in [0.15, 0.2) is 0 Å². The van der Waals surface area contributed by atoms with Gasteiger partial charge in [-0.1, -0.05) is 31.1 Å². The Morgan fingerprint density at radius 3 is 2.58 bits per heavy atom. The Bertz CT molecular complexity index is 911. The Balaban J connectivity index is 1.52. The number of hydrogen-bond acceptors (Lipinski definition) is 7. The summed E-state index contributed by atoms with van der Waals surface area (Å²) in [4.78, 5) is 16.5. The molecular formula is C26H38N6O. The molecule has 0 amide bonds. The standard InChI is InChI=1S/C26H38N6O/c1-3-4-13-27-26-29-18-23(25(31-26)30-21-6-8-22(33)9-7-21)24-10-5-20(17-28-24)16-19-11-14-32(2)15-12-19/h5,10,16-18,21-22,33H,3-4,6-9,11-15H2,1-2H3,(H2,27,29,30,31). The fraction of sp³-hybridized carbons (Fsp3) is 0.577. The molecule has 1 saturated carbocycles. The molecule has 3 N–H and O–H groups in total. The van der Waals surface area contributed by atoms with Crippen molar-refractivity contribution >= 4 is 17.8 Å². The monoisotopic (exact) mass is 450 g/mol. The lowest BCUT2D eigenvalue weighted by Gasteiger charge is -2.27. The number of unbranched alkanes of at least 4 members (excludes halogenated alkanes) is 1. The molecule has 2 aromatic rings. The molecule has 2 fully saturated rings. The number of hydrogen-bond donors (Lipinski definition) is 3. The van der Waals surface area contributed by atoms with E-state index in [1.807, 2.05) is 12.4 Å². The number of aliphatic hydroxyl groups excluding tert-OH is 1. The van der Waals surface area contributed by atoms with E-state index in [4.69, 9.17) is 9.97 Å². The van der Waals surface area contributed by atoms with Gasteiger partial charge < -0.3 is 20.6 Å². The molecule has 0 radical (unpaired) electrons. The van der Waals surface area contributed by atoms with E-state index in [0.29, 0.717) is 12.0 Å². The van der Waals surface area contributed by atoms with Gasteiger partial charge in [-0.15, -0.1) is 0 Å². The first-order valence-corrected chi connectivity index (χ1v) is 12.5. The maximum absolute atomic E-state index is 9.87. The second-order valence-corrected chi connectivity index (χ2v) is 9.47. The van der Waals surface area contributed by atoms with Crippen LogP contribution in [0.3, 0.4) is 0 Å². The summed E-state index contributed by atoms with van der Waals surface area (Å²) in [5, 5.41) is 16.8. The Labute approximate surface area is 197 Å². The van der Waals surface area contributed by atoms with Gasteiger partial charge >= 0.3 is 0 Å². The summed E-state index contributed by atoms with van der Waals surface area (Å²) in [5.41, 5.74) is 4.43. The number of nitrogens with zero attached hydrogens (tertiary/aromatic N) is 4. The van der Waals surface area contributed by atoms with Crippen LogP contribution in [0.4, 0.5) is 11.8 Å². The molecule has 2 aromatic heterocycles. The first kappa shape index (κ1) is 23.6. The average Bonchev–Trinajstić information content (AvgIpc) is 2.83. The van der Waals surface area contributed by atoms with Gasteiger partial charge in [-0.05, 0) is 63.6 Å². The maximum atomic E-state index is 9.87. The number of aromatic nitrogens is 3. The van der Waals surface area contributed by atoms with Crippen LogP contribution in [0.2, 0.25) is 0 Å². The number of likely N-dealkylation sites (tertiary alicyclic amines) is 1. The van der Waals surface area contributed by atoms with Gasteiger partial charge in [0, 0.05) is 38.1 Å². The quantitative estimate of drug-likeness (QED) is 0.508. The summed E-state index contributed by atoms with van der Waals surface area (Å²) in [6.45, 7) is 5.29. The van der Waals surface area contributed by atoms with Crippen LogP contribution >= 0.6 is 0 Å². The highest BCUT2D eigenvalue weighted by Crippen LogP contribution is 2.29. The van der Waals surface area contributed by atoms with Crippen LogP contribution < -0.4 is 10.6 Å². The van der Waals surface area contributed by atoms with Crippen LogP contribution in [-0.4, -0.2) is 63.8 Å². The third-order valence-electron chi connectivity index (χ3n) is 6.70. The number of anilines is 2. The summed E-state index contributed by atoms with van der Waals surface area (Å²) in [6, 6.07) is 4.51. The Morgan fingerprint density at radius 1 is 1.09 bits per heavy atom.